The lowest BCUT2D eigenvalue weighted by Gasteiger charge is -2.10. The van der Waals surface area contributed by atoms with Gasteiger partial charge in [-0.2, -0.15) is 5.10 Å². The van der Waals surface area contributed by atoms with Gasteiger partial charge in [0.05, 0.1) is 25.4 Å². The van der Waals surface area contributed by atoms with E-state index in [0.717, 1.165) is 5.56 Å². The van der Waals surface area contributed by atoms with Crippen LogP contribution in [0.1, 0.15) is 31.8 Å². The Morgan fingerprint density at radius 1 is 0.971 bits per heavy atom. The number of aryl methyl sites for hydroxylation is 1. The molecule has 0 bridgehead atoms. The van der Waals surface area contributed by atoms with Crippen molar-refractivity contribution in [2.24, 2.45) is 5.10 Å². The summed E-state index contributed by atoms with van der Waals surface area (Å²) in [5, 5.41) is 6.78. The van der Waals surface area contributed by atoms with E-state index in [1.165, 1.54) is 19.4 Å². The number of nitrogens with one attached hydrogen (secondary N) is 2. The van der Waals surface area contributed by atoms with E-state index in [1.54, 1.807) is 48.5 Å². The van der Waals surface area contributed by atoms with Gasteiger partial charge in [0.15, 0.2) is 11.5 Å². The van der Waals surface area contributed by atoms with Crippen LogP contribution in [0.4, 0.5) is 0 Å². The van der Waals surface area contributed by atoms with Gasteiger partial charge in [0.25, 0.3) is 11.8 Å². The highest BCUT2D eigenvalue weighted by Gasteiger charge is 2.13. The molecular weight excluding hydrogens is 458 g/mol. The topological polar surface area (TPSA) is 106 Å². The van der Waals surface area contributed by atoms with Crippen LogP contribution in [-0.4, -0.2) is 37.7 Å². The Labute approximate surface area is 201 Å². The van der Waals surface area contributed by atoms with Crippen molar-refractivity contribution in [2.75, 3.05) is 13.7 Å². The monoisotopic (exact) mass is 479 g/mol. The molecule has 0 spiro atoms. The molecule has 8 nitrogen and oxygen atoms in total. The summed E-state index contributed by atoms with van der Waals surface area (Å²) in [6.45, 7) is 1.66. The van der Waals surface area contributed by atoms with Crippen LogP contribution in [0.2, 0.25) is 5.02 Å². The van der Waals surface area contributed by atoms with Gasteiger partial charge >= 0.3 is 5.97 Å². The van der Waals surface area contributed by atoms with Gasteiger partial charge < -0.3 is 14.8 Å². The lowest BCUT2D eigenvalue weighted by Crippen LogP contribution is -2.34. The molecule has 34 heavy (non-hydrogen) atoms. The molecule has 9 heteroatoms. The molecule has 0 atom stereocenters. The average Bonchev–Trinajstić information content (AvgIpc) is 2.83. The number of carbonyl (C=O) groups is 3. The number of nitrogens with zero attached hydrogens (tertiary/aromatic N) is 1. The quantitative estimate of drug-likeness (QED) is 0.221. The zero-order chi connectivity index (χ0) is 24.5. The number of carbonyl (C=O) groups excluding carboxylic acids is 3. The van der Waals surface area contributed by atoms with Crippen molar-refractivity contribution in [1.29, 1.82) is 0 Å². The van der Waals surface area contributed by atoms with Gasteiger partial charge in [-0.1, -0.05) is 35.4 Å². The molecule has 0 aliphatic carbocycles. The zero-order valence-electron chi connectivity index (χ0n) is 18.5. The van der Waals surface area contributed by atoms with Gasteiger partial charge in [0.2, 0.25) is 0 Å². The highest BCUT2D eigenvalue weighted by molar-refractivity contribution is 6.31. The Morgan fingerprint density at radius 2 is 1.74 bits per heavy atom. The van der Waals surface area contributed by atoms with Gasteiger partial charge in [-0.15, -0.1) is 0 Å². The van der Waals surface area contributed by atoms with Gasteiger partial charge in [0, 0.05) is 10.6 Å². The molecule has 3 aromatic carbocycles. The Morgan fingerprint density at radius 3 is 2.44 bits per heavy atom. The highest BCUT2D eigenvalue weighted by atomic mass is 35.5. The first-order chi connectivity index (χ1) is 16.4. The van der Waals surface area contributed by atoms with Crippen LogP contribution in [0.25, 0.3) is 0 Å². The van der Waals surface area contributed by atoms with Crippen molar-refractivity contribution in [3.63, 3.8) is 0 Å². The predicted octanol–water partition coefficient (Wildman–Crippen LogP) is 3.76. The van der Waals surface area contributed by atoms with Gasteiger partial charge in [0.1, 0.15) is 0 Å². The van der Waals surface area contributed by atoms with Crippen LogP contribution in [0, 0.1) is 6.92 Å². The number of methoxy groups -OCH3 is 1. The maximum Gasteiger partial charge on any atom is 0.343 e. The van der Waals surface area contributed by atoms with E-state index in [-0.39, 0.29) is 12.3 Å². The molecule has 3 rings (SSSR count). The fourth-order valence-electron chi connectivity index (χ4n) is 2.81. The van der Waals surface area contributed by atoms with Crippen molar-refractivity contribution in [1.82, 2.24) is 10.7 Å². The smallest absolute Gasteiger partial charge is 0.343 e. The summed E-state index contributed by atoms with van der Waals surface area (Å²) in [7, 11) is 1.45. The minimum atomic E-state index is -0.512. The molecule has 174 valence electrons. The van der Waals surface area contributed by atoms with E-state index < -0.39 is 17.8 Å². The van der Waals surface area contributed by atoms with Gasteiger partial charge in [-0.05, 0) is 61.0 Å². The molecule has 2 amide bonds. The average molecular weight is 480 g/mol. The summed E-state index contributed by atoms with van der Waals surface area (Å²) in [5.41, 5.74) is 4.72. The summed E-state index contributed by atoms with van der Waals surface area (Å²) in [6, 6.07) is 18.2. The summed E-state index contributed by atoms with van der Waals surface area (Å²) in [6.07, 6.45) is 1.39. The maximum atomic E-state index is 12.4. The summed E-state index contributed by atoms with van der Waals surface area (Å²) < 4.78 is 10.7. The maximum absolute atomic E-state index is 12.4. The second-order valence-electron chi connectivity index (χ2n) is 7.15. The highest BCUT2D eigenvalue weighted by Crippen LogP contribution is 2.28. The number of esters is 1. The first-order valence-corrected chi connectivity index (χ1v) is 10.6. The minimum absolute atomic E-state index is 0.248. The van der Waals surface area contributed by atoms with Crippen molar-refractivity contribution in [3.8, 4) is 11.5 Å². The van der Waals surface area contributed by atoms with E-state index in [1.807, 2.05) is 19.1 Å². The molecule has 0 aliphatic rings. The summed E-state index contributed by atoms with van der Waals surface area (Å²) in [4.78, 5) is 36.3. The summed E-state index contributed by atoms with van der Waals surface area (Å²) >= 11 is 5.86. The number of amides is 2. The van der Waals surface area contributed by atoms with E-state index in [2.05, 4.69) is 15.8 Å². The van der Waals surface area contributed by atoms with E-state index in [0.29, 0.717) is 27.5 Å². The molecule has 0 aliphatic heterocycles. The number of rotatable bonds is 8. The number of hydrogen-bond acceptors (Lipinski definition) is 6. The van der Waals surface area contributed by atoms with Crippen molar-refractivity contribution >= 4 is 35.6 Å². The van der Waals surface area contributed by atoms with Crippen LogP contribution in [0.3, 0.4) is 0 Å². The zero-order valence-corrected chi connectivity index (χ0v) is 19.3. The van der Waals surface area contributed by atoms with Crippen molar-refractivity contribution in [3.05, 3.63) is 94.0 Å². The molecule has 0 saturated carbocycles. The van der Waals surface area contributed by atoms with Crippen LogP contribution in [0.5, 0.6) is 11.5 Å². The molecule has 0 aromatic heterocycles. The van der Waals surface area contributed by atoms with Crippen LogP contribution in [-0.2, 0) is 4.79 Å². The Balaban J connectivity index is 1.54. The number of hydrazone groups is 1. The molecule has 0 heterocycles. The van der Waals surface area contributed by atoms with Gasteiger partial charge in [-0.25, -0.2) is 10.2 Å². The number of halogens is 1. The SMILES string of the molecule is COc1cc(/C=N/NC(=O)CNC(=O)c2cccc(Cl)c2)ccc1OC(=O)c1ccc(C)cc1. The molecule has 3 aromatic rings. The van der Waals surface area contributed by atoms with E-state index in [9.17, 15) is 14.4 Å². The standard InChI is InChI=1S/C25H22ClN3O5/c1-16-6-9-18(10-7-16)25(32)34-21-11-8-17(12-22(21)33-2)14-28-29-23(30)15-27-24(31)19-4-3-5-20(26)13-19/h3-14H,15H2,1-2H3,(H,27,31)(H,29,30)/b28-14+. The van der Waals surface area contributed by atoms with Gasteiger partial charge in [-0.3, -0.25) is 9.59 Å². The van der Waals surface area contributed by atoms with Crippen LogP contribution >= 0.6 is 11.6 Å². The minimum Gasteiger partial charge on any atom is -0.493 e. The second-order valence-corrected chi connectivity index (χ2v) is 7.59. The fraction of sp³-hybridized carbons (Fsp3) is 0.120. The number of hydrogen-bond donors (Lipinski definition) is 2. The summed E-state index contributed by atoms with van der Waals surface area (Å²) in [5.74, 6) is -0.876. The van der Waals surface area contributed by atoms with Crippen molar-refractivity contribution < 1.29 is 23.9 Å². The number of ether oxygens (including phenoxy) is 2. The molecular formula is C25H22ClN3O5. The Bertz CT molecular complexity index is 1230. The third-order valence-corrected chi connectivity index (χ3v) is 4.81. The first-order valence-electron chi connectivity index (χ1n) is 10.2. The third-order valence-electron chi connectivity index (χ3n) is 4.58. The molecule has 0 fully saturated rings. The molecule has 0 saturated heterocycles. The molecule has 0 radical (unpaired) electrons. The van der Waals surface area contributed by atoms with Crippen LogP contribution in [0.15, 0.2) is 71.8 Å². The number of benzene rings is 3. The second kappa shape index (κ2) is 11.6. The lowest BCUT2D eigenvalue weighted by molar-refractivity contribution is -0.120. The van der Waals surface area contributed by atoms with E-state index >= 15 is 0 Å². The van der Waals surface area contributed by atoms with Crippen molar-refractivity contribution in [2.45, 2.75) is 6.92 Å². The largest absolute Gasteiger partial charge is 0.493 e. The molecule has 0 unspecified atom stereocenters. The molecule has 2 N–H and O–H groups in total. The van der Waals surface area contributed by atoms with E-state index in [4.69, 9.17) is 21.1 Å². The van der Waals surface area contributed by atoms with Crippen LogP contribution < -0.4 is 20.2 Å². The Kier molecular flexibility index (Phi) is 8.37. The lowest BCUT2D eigenvalue weighted by atomic mass is 10.1. The predicted molar refractivity (Wildman–Crippen MR) is 129 cm³/mol. The third kappa shape index (κ3) is 6.91. The first kappa shape index (κ1) is 24.5. The fourth-order valence-corrected chi connectivity index (χ4v) is 3.00. The normalized spacial score (nSPS) is 10.6. The Hall–Kier alpha value is -4.17.